The summed E-state index contributed by atoms with van der Waals surface area (Å²) in [5, 5.41) is 0. The fourth-order valence-corrected chi connectivity index (χ4v) is 4.83. The zero-order valence-corrected chi connectivity index (χ0v) is 22.9. The van der Waals surface area contributed by atoms with Crippen LogP contribution in [0, 0.1) is 5.41 Å². The molecule has 4 aromatic rings. The lowest BCUT2D eigenvalue weighted by Crippen LogP contribution is -2.37. The molecular weight excluding hydrogens is 564 g/mol. The van der Waals surface area contributed by atoms with Gasteiger partial charge >= 0.3 is 0 Å². The van der Waals surface area contributed by atoms with Crippen LogP contribution in [0.5, 0.6) is 0 Å². The average molecular weight is 594 g/mol. The largest absolute Gasteiger partial charge is 0.376 e. The molecule has 0 radical (unpaired) electrons. The molecule has 0 spiro atoms. The first-order chi connectivity index (χ1) is 17.1. The van der Waals surface area contributed by atoms with Crippen molar-refractivity contribution in [3.8, 4) is 0 Å². The minimum atomic E-state index is -0.217. The number of ether oxygens (including phenoxy) is 2. The molecule has 0 aliphatic heterocycles. The molecule has 0 bridgehead atoms. The maximum atomic E-state index is 6.38. The fraction of sp³-hybridized carbons (Fsp3) is 0.226. The van der Waals surface area contributed by atoms with Gasteiger partial charge in [-0.3, -0.25) is 0 Å². The van der Waals surface area contributed by atoms with Gasteiger partial charge in [-0.25, -0.2) is 0 Å². The lowest BCUT2D eigenvalue weighted by atomic mass is 9.77. The van der Waals surface area contributed by atoms with Crippen LogP contribution in [-0.4, -0.2) is 13.2 Å². The van der Waals surface area contributed by atoms with E-state index in [2.05, 4.69) is 129 Å². The maximum absolute atomic E-state index is 6.38. The van der Waals surface area contributed by atoms with E-state index in [4.69, 9.17) is 9.47 Å². The van der Waals surface area contributed by atoms with Gasteiger partial charge in [-0.1, -0.05) is 117 Å². The van der Waals surface area contributed by atoms with E-state index in [1.165, 1.54) is 22.3 Å². The van der Waals surface area contributed by atoms with Gasteiger partial charge in [0.1, 0.15) is 0 Å². The van der Waals surface area contributed by atoms with E-state index >= 15 is 0 Å². The van der Waals surface area contributed by atoms with Gasteiger partial charge in [-0.05, 0) is 59.4 Å². The summed E-state index contributed by atoms with van der Waals surface area (Å²) in [6.45, 7) is 2.37. The molecule has 0 aliphatic rings. The predicted octanol–water partition coefficient (Wildman–Crippen LogP) is 8.42. The standard InChI is InChI=1S/C31H30Br2O2/c32-29-15-11-25(12-16-29)19-31(20-26-13-17-30(33)18-14-26,23-34-21-27-7-3-1-4-8-27)24-35-22-28-9-5-2-6-10-28/h1-18H,19-24H2. The second kappa shape index (κ2) is 13.2. The summed E-state index contributed by atoms with van der Waals surface area (Å²) >= 11 is 7.13. The highest BCUT2D eigenvalue weighted by Gasteiger charge is 2.32. The Morgan fingerprint density at radius 2 is 0.829 bits per heavy atom. The van der Waals surface area contributed by atoms with Crippen molar-refractivity contribution in [2.75, 3.05) is 13.2 Å². The SMILES string of the molecule is Brc1ccc(CC(COCc2ccccc2)(COCc2ccccc2)Cc2ccc(Br)cc2)cc1. The van der Waals surface area contributed by atoms with Crippen molar-refractivity contribution in [1.82, 2.24) is 0 Å². The normalized spacial score (nSPS) is 11.5. The van der Waals surface area contributed by atoms with Crippen LogP contribution in [0.25, 0.3) is 0 Å². The van der Waals surface area contributed by atoms with Crippen LogP contribution in [0.2, 0.25) is 0 Å². The van der Waals surface area contributed by atoms with Gasteiger partial charge in [-0.2, -0.15) is 0 Å². The Morgan fingerprint density at radius 3 is 1.20 bits per heavy atom. The predicted molar refractivity (Wildman–Crippen MR) is 150 cm³/mol. The number of halogens is 2. The third-order valence-electron chi connectivity index (χ3n) is 6.02. The first kappa shape index (κ1) is 25.8. The summed E-state index contributed by atoms with van der Waals surface area (Å²) < 4.78 is 14.9. The van der Waals surface area contributed by atoms with Crippen LogP contribution in [0.4, 0.5) is 0 Å². The second-order valence-corrected chi connectivity index (χ2v) is 10.9. The number of hydrogen-bond donors (Lipinski definition) is 0. The zero-order chi connectivity index (χ0) is 24.3. The van der Waals surface area contributed by atoms with Crippen molar-refractivity contribution in [3.05, 3.63) is 140 Å². The van der Waals surface area contributed by atoms with E-state index < -0.39 is 0 Å². The summed E-state index contributed by atoms with van der Waals surface area (Å²) in [5.74, 6) is 0. The van der Waals surface area contributed by atoms with Gasteiger partial charge in [0.2, 0.25) is 0 Å². The number of hydrogen-bond acceptors (Lipinski definition) is 2. The van der Waals surface area contributed by atoms with E-state index in [9.17, 15) is 0 Å². The Hall–Kier alpha value is -2.24. The minimum Gasteiger partial charge on any atom is -0.376 e. The Morgan fingerprint density at radius 1 is 0.457 bits per heavy atom. The molecule has 180 valence electrons. The van der Waals surface area contributed by atoms with Crippen LogP contribution < -0.4 is 0 Å². The van der Waals surface area contributed by atoms with Crippen molar-refractivity contribution in [2.45, 2.75) is 26.1 Å². The molecule has 0 heterocycles. The van der Waals surface area contributed by atoms with Crippen LogP contribution in [0.1, 0.15) is 22.3 Å². The average Bonchev–Trinajstić information content (AvgIpc) is 2.88. The molecule has 4 heteroatoms. The topological polar surface area (TPSA) is 18.5 Å². The lowest BCUT2D eigenvalue weighted by molar-refractivity contribution is -0.0331. The molecule has 0 aromatic heterocycles. The van der Waals surface area contributed by atoms with Gasteiger partial charge in [0.25, 0.3) is 0 Å². The Bertz CT molecular complexity index is 1050. The molecule has 0 atom stereocenters. The summed E-state index contributed by atoms with van der Waals surface area (Å²) in [6, 6.07) is 37.9. The smallest absolute Gasteiger partial charge is 0.0717 e. The molecule has 0 saturated heterocycles. The molecular formula is C31H30Br2O2. The molecule has 35 heavy (non-hydrogen) atoms. The van der Waals surface area contributed by atoms with Gasteiger partial charge in [0.15, 0.2) is 0 Å². The Labute approximate surface area is 225 Å². The third-order valence-corrected chi connectivity index (χ3v) is 7.08. The van der Waals surface area contributed by atoms with E-state index in [0.717, 1.165) is 21.8 Å². The van der Waals surface area contributed by atoms with Crippen LogP contribution >= 0.6 is 31.9 Å². The van der Waals surface area contributed by atoms with Crippen molar-refractivity contribution < 1.29 is 9.47 Å². The highest BCUT2D eigenvalue weighted by molar-refractivity contribution is 9.10. The summed E-state index contributed by atoms with van der Waals surface area (Å²) in [4.78, 5) is 0. The molecule has 0 aliphatic carbocycles. The molecule has 4 aromatic carbocycles. The summed E-state index contributed by atoms with van der Waals surface area (Å²) in [6.07, 6.45) is 1.72. The maximum Gasteiger partial charge on any atom is 0.0717 e. The fourth-order valence-electron chi connectivity index (χ4n) is 4.30. The highest BCUT2D eigenvalue weighted by atomic mass is 79.9. The van der Waals surface area contributed by atoms with Gasteiger partial charge in [0, 0.05) is 14.4 Å². The quantitative estimate of drug-likeness (QED) is 0.164. The van der Waals surface area contributed by atoms with Gasteiger partial charge in [0.05, 0.1) is 26.4 Å². The lowest BCUT2D eigenvalue weighted by Gasteiger charge is -2.34. The second-order valence-electron chi connectivity index (χ2n) is 9.06. The number of rotatable bonds is 12. The summed E-state index contributed by atoms with van der Waals surface area (Å²) in [5.41, 5.74) is 4.69. The molecule has 2 nitrogen and oxygen atoms in total. The van der Waals surface area contributed by atoms with E-state index in [-0.39, 0.29) is 5.41 Å². The highest BCUT2D eigenvalue weighted by Crippen LogP contribution is 2.31. The first-order valence-corrected chi connectivity index (χ1v) is 13.4. The molecule has 0 amide bonds. The van der Waals surface area contributed by atoms with Crippen molar-refractivity contribution in [2.24, 2.45) is 5.41 Å². The zero-order valence-electron chi connectivity index (χ0n) is 19.7. The van der Waals surface area contributed by atoms with Crippen molar-refractivity contribution in [3.63, 3.8) is 0 Å². The van der Waals surface area contributed by atoms with E-state index in [1.807, 2.05) is 12.1 Å². The molecule has 0 saturated carbocycles. The van der Waals surface area contributed by atoms with E-state index in [0.29, 0.717) is 26.4 Å². The molecule has 0 fully saturated rings. The van der Waals surface area contributed by atoms with Gasteiger partial charge in [-0.15, -0.1) is 0 Å². The summed E-state index contributed by atoms with van der Waals surface area (Å²) in [7, 11) is 0. The Balaban J connectivity index is 1.57. The molecule has 0 N–H and O–H groups in total. The Kier molecular flexibility index (Phi) is 9.73. The van der Waals surface area contributed by atoms with Crippen LogP contribution in [-0.2, 0) is 35.5 Å². The molecule has 4 rings (SSSR count). The first-order valence-electron chi connectivity index (χ1n) is 11.8. The minimum absolute atomic E-state index is 0.217. The van der Waals surface area contributed by atoms with E-state index in [1.54, 1.807) is 0 Å². The van der Waals surface area contributed by atoms with Crippen LogP contribution in [0.15, 0.2) is 118 Å². The molecule has 0 unspecified atom stereocenters. The van der Waals surface area contributed by atoms with Crippen molar-refractivity contribution >= 4 is 31.9 Å². The van der Waals surface area contributed by atoms with Crippen LogP contribution in [0.3, 0.4) is 0 Å². The van der Waals surface area contributed by atoms with Crippen molar-refractivity contribution in [1.29, 1.82) is 0 Å². The third kappa shape index (κ3) is 8.43. The number of benzene rings is 4. The van der Waals surface area contributed by atoms with Gasteiger partial charge < -0.3 is 9.47 Å². The monoisotopic (exact) mass is 592 g/mol.